The molecule has 1 aliphatic carbocycles. The van der Waals surface area contributed by atoms with E-state index in [0.29, 0.717) is 26.0 Å². The Bertz CT molecular complexity index is 1550. The van der Waals surface area contributed by atoms with Gasteiger partial charge in [-0.15, -0.1) is 0 Å². The van der Waals surface area contributed by atoms with Gasteiger partial charge < -0.3 is 24.3 Å². The lowest BCUT2D eigenvalue weighted by Gasteiger charge is -2.54. The number of halogens is 2. The summed E-state index contributed by atoms with van der Waals surface area (Å²) < 4.78 is 26.9. The molecule has 1 aliphatic heterocycles. The SMILES string of the molecule is COC[C@H]1C[C@]2(CN(C)C(=O)c3c(OC(=O)c4ccccc4)c(=O)c(C(=O)NCc4cccc(Cl)c4F)cn32)C1. The second-order valence-corrected chi connectivity index (χ2v) is 10.6. The number of nitrogens with one attached hydrogen (secondary N) is 1. The predicted octanol–water partition coefficient (Wildman–Crippen LogP) is 3.63. The third-order valence-corrected chi connectivity index (χ3v) is 7.71. The number of hydrogen-bond acceptors (Lipinski definition) is 6. The van der Waals surface area contributed by atoms with Gasteiger partial charge in [-0.1, -0.05) is 41.9 Å². The monoisotopic (exact) mass is 567 g/mol. The first kappa shape index (κ1) is 27.5. The number of rotatable bonds is 7. The molecule has 2 aromatic carbocycles. The van der Waals surface area contributed by atoms with E-state index in [-0.39, 0.29) is 39.9 Å². The van der Waals surface area contributed by atoms with Crippen molar-refractivity contribution in [1.29, 1.82) is 0 Å². The zero-order chi connectivity index (χ0) is 28.6. The molecule has 3 aromatic rings. The third kappa shape index (κ3) is 4.89. The maximum absolute atomic E-state index is 14.4. The zero-order valence-corrected chi connectivity index (χ0v) is 22.7. The molecule has 208 valence electrons. The molecule has 1 saturated carbocycles. The van der Waals surface area contributed by atoms with Crippen LogP contribution in [0, 0.1) is 11.7 Å². The zero-order valence-electron chi connectivity index (χ0n) is 21.9. The Morgan fingerprint density at radius 1 is 1.12 bits per heavy atom. The second-order valence-electron chi connectivity index (χ2n) is 10.2. The van der Waals surface area contributed by atoms with Crippen molar-refractivity contribution in [2.24, 2.45) is 5.92 Å². The Balaban J connectivity index is 1.58. The fourth-order valence-corrected chi connectivity index (χ4v) is 5.76. The molecule has 40 heavy (non-hydrogen) atoms. The van der Waals surface area contributed by atoms with Gasteiger partial charge in [0.05, 0.1) is 16.1 Å². The summed E-state index contributed by atoms with van der Waals surface area (Å²) in [5, 5.41) is 2.45. The highest BCUT2D eigenvalue weighted by Gasteiger charge is 2.52. The van der Waals surface area contributed by atoms with Crippen molar-refractivity contribution in [2.45, 2.75) is 24.9 Å². The number of carbonyl (C=O) groups is 3. The average Bonchev–Trinajstić information content (AvgIpc) is 2.92. The molecule has 2 amide bonds. The lowest BCUT2D eigenvalue weighted by Crippen LogP contribution is -2.60. The first-order chi connectivity index (χ1) is 19.1. The summed E-state index contributed by atoms with van der Waals surface area (Å²) in [6.45, 7) is 0.611. The van der Waals surface area contributed by atoms with Crippen LogP contribution in [0.15, 0.2) is 59.5 Å². The van der Waals surface area contributed by atoms with Crippen LogP contribution < -0.4 is 15.5 Å². The topological polar surface area (TPSA) is 107 Å². The van der Waals surface area contributed by atoms with E-state index in [1.807, 2.05) is 0 Å². The van der Waals surface area contributed by atoms with Crippen LogP contribution in [0.1, 0.15) is 49.6 Å². The van der Waals surface area contributed by atoms with Gasteiger partial charge in [0, 0.05) is 45.6 Å². The van der Waals surface area contributed by atoms with Crippen LogP contribution in [0.2, 0.25) is 5.02 Å². The molecular formula is C29H27ClFN3O6. The van der Waals surface area contributed by atoms with E-state index in [4.69, 9.17) is 21.1 Å². The van der Waals surface area contributed by atoms with Gasteiger partial charge in [0.1, 0.15) is 11.4 Å². The van der Waals surface area contributed by atoms with E-state index < -0.39 is 40.3 Å². The Morgan fingerprint density at radius 2 is 1.85 bits per heavy atom. The molecule has 0 radical (unpaired) electrons. The van der Waals surface area contributed by atoms with E-state index in [2.05, 4.69) is 5.32 Å². The molecule has 0 bridgehead atoms. The van der Waals surface area contributed by atoms with Gasteiger partial charge in [-0.3, -0.25) is 14.4 Å². The largest absolute Gasteiger partial charge is 0.416 e. The molecule has 0 atom stereocenters. The Kier molecular flexibility index (Phi) is 7.48. The highest BCUT2D eigenvalue weighted by Crippen LogP contribution is 2.48. The summed E-state index contributed by atoms with van der Waals surface area (Å²) in [6, 6.07) is 12.4. The highest BCUT2D eigenvalue weighted by atomic mass is 35.5. The molecule has 2 aliphatic rings. The number of esters is 1. The van der Waals surface area contributed by atoms with E-state index in [1.165, 1.54) is 35.4 Å². The van der Waals surface area contributed by atoms with Crippen LogP contribution in [0.5, 0.6) is 5.75 Å². The quantitative estimate of drug-likeness (QED) is 0.437. The maximum Gasteiger partial charge on any atom is 0.343 e. The van der Waals surface area contributed by atoms with Gasteiger partial charge in [0.2, 0.25) is 11.2 Å². The lowest BCUT2D eigenvalue weighted by molar-refractivity contribution is -0.0190. The Morgan fingerprint density at radius 3 is 2.55 bits per heavy atom. The summed E-state index contributed by atoms with van der Waals surface area (Å²) in [7, 11) is 3.23. The number of carbonyl (C=O) groups excluding carboxylic acids is 3. The fourth-order valence-electron chi connectivity index (χ4n) is 5.57. The number of fused-ring (bicyclic) bond motifs is 2. The number of likely N-dealkylation sites (N-methyl/N-ethyl adjacent to an activating group) is 1. The smallest absolute Gasteiger partial charge is 0.343 e. The third-order valence-electron chi connectivity index (χ3n) is 7.42. The van der Waals surface area contributed by atoms with Crippen LogP contribution >= 0.6 is 11.6 Å². The van der Waals surface area contributed by atoms with E-state index >= 15 is 0 Å². The van der Waals surface area contributed by atoms with E-state index in [1.54, 1.807) is 43.0 Å². The minimum Gasteiger partial charge on any atom is -0.416 e. The molecule has 1 N–H and O–H groups in total. The van der Waals surface area contributed by atoms with Crippen molar-refractivity contribution in [3.05, 3.63) is 98.2 Å². The molecule has 1 fully saturated rings. The van der Waals surface area contributed by atoms with E-state index in [9.17, 15) is 23.6 Å². The Labute approximate surface area is 234 Å². The number of ether oxygens (including phenoxy) is 2. The number of hydrogen-bond donors (Lipinski definition) is 1. The molecule has 0 saturated heterocycles. The van der Waals surface area contributed by atoms with Crippen molar-refractivity contribution in [2.75, 3.05) is 27.3 Å². The number of methoxy groups -OCH3 is 1. The molecule has 1 aromatic heterocycles. The highest BCUT2D eigenvalue weighted by molar-refractivity contribution is 6.30. The molecule has 0 unspecified atom stereocenters. The fraction of sp³-hybridized carbons (Fsp3) is 0.310. The molecule has 2 heterocycles. The standard InChI is InChI=1S/C29H27ClFN3O6/c1-33-16-29(11-17(12-29)15-39-2)34-14-20(26(36)32-13-19-9-6-10-21(30)22(19)31)24(35)25(23(34)27(33)37)40-28(38)18-7-4-3-5-8-18/h3-10,14,17H,11-13,15-16H2,1-2H3,(H,32,36)/t17-,29+. The summed E-state index contributed by atoms with van der Waals surface area (Å²) in [4.78, 5) is 54.9. The molecule has 1 spiro atoms. The summed E-state index contributed by atoms with van der Waals surface area (Å²) in [5.41, 5.74) is -1.69. The van der Waals surface area contributed by atoms with E-state index in [0.717, 1.165) is 0 Å². The molecule has 9 nitrogen and oxygen atoms in total. The second kappa shape index (κ2) is 10.9. The minimum absolute atomic E-state index is 0.101. The number of aromatic nitrogens is 1. The van der Waals surface area contributed by atoms with Crippen molar-refractivity contribution < 1.29 is 28.2 Å². The summed E-state index contributed by atoms with van der Waals surface area (Å²) >= 11 is 5.85. The predicted molar refractivity (Wildman–Crippen MR) is 144 cm³/mol. The van der Waals surface area contributed by atoms with Crippen LogP contribution in [-0.4, -0.2) is 54.6 Å². The number of nitrogens with zero attached hydrogens (tertiary/aromatic N) is 2. The first-order valence-corrected chi connectivity index (χ1v) is 13.1. The van der Waals surface area contributed by atoms with Gasteiger partial charge in [-0.2, -0.15) is 0 Å². The van der Waals surface area contributed by atoms with Gasteiger partial charge in [-0.05, 0) is 37.0 Å². The number of pyridine rings is 1. The van der Waals surface area contributed by atoms with Crippen molar-refractivity contribution in [3.63, 3.8) is 0 Å². The molecule has 5 rings (SSSR count). The maximum atomic E-state index is 14.4. The van der Waals surface area contributed by atoms with Gasteiger partial charge in [-0.25, -0.2) is 9.18 Å². The summed E-state index contributed by atoms with van der Waals surface area (Å²) in [5.74, 6) is -3.18. The van der Waals surface area contributed by atoms with Crippen molar-refractivity contribution in [3.8, 4) is 5.75 Å². The van der Waals surface area contributed by atoms with Crippen LogP contribution in [-0.2, 0) is 16.8 Å². The normalized spacial score (nSPS) is 19.6. The van der Waals surface area contributed by atoms with Crippen molar-refractivity contribution >= 4 is 29.4 Å². The van der Waals surface area contributed by atoms with Gasteiger partial charge in [0.25, 0.3) is 11.8 Å². The van der Waals surface area contributed by atoms with Gasteiger partial charge in [0.15, 0.2) is 5.69 Å². The molecule has 11 heteroatoms. The Hall–Kier alpha value is -4.02. The van der Waals surface area contributed by atoms with Crippen LogP contribution in [0.4, 0.5) is 4.39 Å². The summed E-state index contributed by atoms with van der Waals surface area (Å²) in [6.07, 6.45) is 2.58. The first-order valence-electron chi connectivity index (χ1n) is 12.7. The lowest BCUT2D eigenvalue weighted by atomic mass is 9.67. The average molecular weight is 568 g/mol. The van der Waals surface area contributed by atoms with Crippen molar-refractivity contribution in [1.82, 2.24) is 14.8 Å². The van der Waals surface area contributed by atoms with Crippen LogP contribution in [0.25, 0.3) is 0 Å². The van der Waals surface area contributed by atoms with Gasteiger partial charge >= 0.3 is 5.97 Å². The number of benzene rings is 2. The number of amides is 2. The van der Waals surface area contributed by atoms with Crippen LogP contribution in [0.3, 0.4) is 0 Å². The minimum atomic E-state index is -0.925. The molecular weight excluding hydrogens is 541 g/mol.